The van der Waals surface area contributed by atoms with Crippen molar-refractivity contribution in [2.45, 2.75) is 12.7 Å². The summed E-state index contributed by atoms with van der Waals surface area (Å²) < 4.78 is 57.6. The van der Waals surface area contributed by atoms with Crippen LogP contribution in [-0.4, -0.2) is 22.8 Å². The molecule has 9 heteroatoms. The highest BCUT2D eigenvalue weighted by Crippen LogP contribution is 2.30. The molecule has 1 aromatic carbocycles. The molecule has 0 spiro atoms. The molecule has 0 aliphatic rings. The molecule has 1 N–H and O–H groups in total. The minimum absolute atomic E-state index is 0.0340. The van der Waals surface area contributed by atoms with Gasteiger partial charge in [0.05, 0.1) is 12.7 Å². The first kappa shape index (κ1) is 16.8. The van der Waals surface area contributed by atoms with E-state index >= 15 is 0 Å². The Morgan fingerprint density at radius 3 is 2.65 bits per heavy atom. The molecule has 0 unspecified atom stereocenters. The maximum absolute atomic E-state index is 13.5. The predicted octanol–water partition coefficient (Wildman–Crippen LogP) is 2.52. The number of benzene rings is 1. The van der Waals surface area contributed by atoms with Crippen molar-refractivity contribution in [3.63, 3.8) is 0 Å². The van der Waals surface area contributed by atoms with Gasteiger partial charge in [0.15, 0.2) is 17.3 Å². The number of rotatable bonds is 4. The Balaban J connectivity index is 2.13. The van der Waals surface area contributed by atoms with Gasteiger partial charge in [-0.1, -0.05) is 6.07 Å². The van der Waals surface area contributed by atoms with Gasteiger partial charge in [-0.3, -0.25) is 9.48 Å². The first-order valence-corrected chi connectivity index (χ1v) is 6.44. The molecule has 124 valence electrons. The number of nitrogens with one attached hydrogen (secondary N) is 1. The van der Waals surface area contributed by atoms with Crippen LogP contribution in [0.3, 0.4) is 0 Å². The number of alkyl halides is 3. The highest BCUT2D eigenvalue weighted by molar-refractivity contribution is 5.95. The van der Waals surface area contributed by atoms with E-state index in [2.05, 4.69) is 10.4 Å². The summed E-state index contributed by atoms with van der Waals surface area (Å²) in [5, 5.41) is 5.56. The average molecular weight is 331 g/mol. The van der Waals surface area contributed by atoms with Gasteiger partial charge in [0.2, 0.25) is 0 Å². The monoisotopic (exact) mass is 331 g/mol. The van der Waals surface area contributed by atoms with Crippen LogP contribution < -0.4 is 10.1 Å². The summed E-state index contributed by atoms with van der Waals surface area (Å²) in [6, 6.07) is 3.99. The van der Waals surface area contributed by atoms with Crippen LogP contribution in [0.1, 0.15) is 21.6 Å². The molecule has 2 rings (SSSR count). The predicted molar refractivity (Wildman–Crippen MR) is 72.3 cm³/mol. The van der Waals surface area contributed by atoms with E-state index in [4.69, 9.17) is 4.74 Å². The Morgan fingerprint density at radius 1 is 1.39 bits per heavy atom. The lowest BCUT2D eigenvalue weighted by Crippen LogP contribution is -2.25. The lowest BCUT2D eigenvalue weighted by atomic mass is 10.2. The Bertz CT molecular complexity index is 725. The summed E-state index contributed by atoms with van der Waals surface area (Å²) in [6.07, 6.45) is -3.76. The third-order valence-electron chi connectivity index (χ3n) is 3.01. The van der Waals surface area contributed by atoms with Crippen LogP contribution in [0.15, 0.2) is 24.4 Å². The number of carbonyl (C=O) groups excluding carboxylic acids is 1. The van der Waals surface area contributed by atoms with E-state index in [1.54, 1.807) is 0 Å². The molecular formula is C14H13F4N3O2. The summed E-state index contributed by atoms with van der Waals surface area (Å²) >= 11 is 0. The van der Waals surface area contributed by atoms with Crippen LogP contribution in [-0.2, 0) is 19.8 Å². The van der Waals surface area contributed by atoms with Gasteiger partial charge in [0.25, 0.3) is 5.91 Å². The number of aryl methyl sites for hydroxylation is 1. The van der Waals surface area contributed by atoms with Crippen LogP contribution in [0.25, 0.3) is 0 Å². The van der Waals surface area contributed by atoms with E-state index in [9.17, 15) is 22.4 Å². The smallest absolute Gasteiger partial charge is 0.435 e. The maximum atomic E-state index is 13.5. The average Bonchev–Trinajstić information content (AvgIpc) is 2.87. The number of hydrogen-bond acceptors (Lipinski definition) is 3. The summed E-state index contributed by atoms with van der Waals surface area (Å²) in [7, 11) is 2.59. The first-order valence-electron chi connectivity index (χ1n) is 6.44. The third-order valence-corrected chi connectivity index (χ3v) is 3.01. The summed E-state index contributed by atoms with van der Waals surface area (Å²) in [5.74, 6) is -1.54. The van der Waals surface area contributed by atoms with Crippen LogP contribution in [0.5, 0.6) is 5.75 Å². The quantitative estimate of drug-likeness (QED) is 0.876. The van der Waals surface area contributed by atoms with Gasteiger partial charge in [-0.2, -0.15) is 18.3 Å². The minimum Gasteiger partial charge on any atom is -0.494 e. The zero-order valence-electron chi connectivity index (χ0n) is 12.2. The first-order chi connectivity index (χ1) is 10.7. The fourth-order valence-electron chi connectivity index (χ4n) is 1.96. The normalized spacial score (nSPS) is 11.4. The van der Waals surface area contributed by atoms with Crippen molar-refractivity contribution in [1.82, 2.24) is 15.1 Å². The number of ether oxygens (including phenoxy) is 1. The molecule has 5 nitrogen and oxygen atoms in total. The fraction of sp³-hybridized carbons (Fsp3) is 0.286. The SMILES string of the molecule is COc1ccc(CNC(=O)c2cn(C)nc2C(F)(F)F)cc1F. The van der Waals surface area contributed by atoms with Gasteiger partial charge >= 0.3 is 6.18 Å². The van der Waals surface area contributed by atoms with Gasteiger partial charge in [-0.15, -0.1) is 0 Å². The van der Waals surface area contributed by atoms with Gasteiger partial charge < -0.3 is 10.1 Å². The highest BCUT2D eigenvalue weighted by atomic mass is 19.4. The summed E-state index contributed by atoms with van der Waals surface area (Å²) in [6.45, 7) is -0.133. The number of nitrogens with zero attached hydrogens (tertiary/aromatic N) is 2. The van der Waals surface area contributed by atoms with Crippen molar-refractivity contribution in [2.24, 2.45) is 7.05 Å². The number of amides is 1. The van der Waals surface area contributed by atoms with E-state index in [0.29, 0.717) is 5.56 Å². The van der Waals surface area contributed by atoms with E-state index in [1.807, 2.05) is 0 Å². The molecule has 1 heterocycles. The number of halogens is 4. The summed E-state index contributed by atoms with van der Waals surface area (Å²) in [5.41, 5.74) is -1.47. The highest BCUT2D eigenvalue weighted by Gasteiger charge is 2.38. The molecule has 1 aromatic heterocycles. The number of aromatic nitrogens is 2. The molecule has 23 heavy (non-hydrogen) atoms. The molecule has 0 saturated heterocycles. The fourth-order valence-corrected chi connectivity index (χ4v) is 1.96. The van der Waals surface area contributed by atoms with Crippen molar-refractivity contribution >= 4 is 5.91 Å². The zero-order valence-corrected chi connectivity index (χ0v) is 12.2. The number of methoxy groups -OCH3 is 1. The second-order valence-corrected chi connectivity index (χ2v) is 4.71. The lowest BCUT2D eigenvalue weighted by molar-refractivity contribution is -0.141. The van der Waals surface area contributed by atoms with Gasteiger partial charge in [-0.05, 0) is 17.7 Å². The van der Waals surface area contributed by atoms with Gasteiger partial charge in [0, 0.05) is 19.8 Å². The van der Waals surface area contributed by atoms with Crippen molar-refractivity contribution in [2.75, 3.05) is 7.11 Å². The molecule has 0 aliphatic heterocycles. The zero-order chi connectivity index (χ0) is 17.2. The molecular weight excluding hydrogens is 318 g/mol. The van der Waals surface area contributed by atoms with Crippen LogP contribution in [0.2, 0.25) is 0 Å². The maximum Gasteiger partial charge on any atom is 0.435 e. The number of hydrogen-bond donors (Lipinski definition) is 1. The Hall–Kier alpha value is -2.58. The van der Waals surface area contributed by atoms with Gasteiger partial charge in [0.1, 0.15) is 0 Å². The Morgan fingerprint density at radius 2 is 2.09 bits per heavy atom. The van der Waals surface area contributed by atoms with Gasteiger partial charge in [-0.25, -0.2) is 4.39 Å². The molecule has 0 radical (unpaired) electrons. The van der Waals surface area contributed by atoms with E-state index in [-0.39, 0.29) is 12.3 Å². The molecule has 0 aliphatic carbocycles. The third kappa shape index (κ3) is 3.79. The second-order valence-electron chi connectivity index (χ2n) is 4.71. The van der Waals surface area contributed by atoms with Crippen LogP contribution in [0, 0.1) is 5.82 Å². The van der Waals surface area contributed by atoms with Crippen molar-refractivity contribution in [3.05, 3.63) is 47.0 Å². The van der Waals surface area contributed by atoms with Crippen LogP contribution >= 0.6 is 0 Å². The molecule has 0 saturated carbocycles. The number of carbonyl (C=O) groups is 1. The molecule has 0 atom stereocenters. The van der Waals surface area contributed by atoms with E-state index in [1.165, 1.54) is 26.3 Å². The standard InChI is InChI=1S/C14H13F4N3O2/c1-21-7-9(12(20-21)14(16,17)18)13(22)19-6-8-3-4-11(23-2)10(15)5-8/h3-5,7H,6H2,1-2H3,(H,19,22). The van der Waals surface area contributed by atoms with Crippen molar-refractivity contribution in [1.29, 1.82) is 0 Å². The molecule has 0 bridgehead atoms. The van der Waals surface area contributed by atoms with Crippen LogP contribution in [0.4, 0.5) is 17.6 Å². The van der Waals surface area contributed by atoms with Crippen molar-refractivity contribution in [3.8, 4) is 5.75 Å². The van der Waals surface area contributed by atoms with E-state index < -0.39 is 29.2 Å². The topological polar surface area (TPSA) is 56.1 Å². The molecule has 2 aromatic rings. The summed E-state index contributed by atoms with van der Waals surface area (Å²) in [4.78, 5) is 11.9. The lowest BCUT2D eigenvalue weighted by Gasteiger charge is -2.08. The molecule has 0 fully saturated rings. The Kier molecular flexibility index (Phi) is 4.57. The van der Waals surface area contributed by atoms with E-state index in [0.717, 1.165) is 16.9 Å². The Labute approximate surface area is 128 Å². The second kappa shape index (κ2) is 6.27. The van der Waals surface area contributed by atoms with Crippen molar-refractivity contribution < 1.29 is 27.1 Å². The molecule has 1 amide bonds. The largest absolute Gasteiger partial charge is 0.494 e. The minimum atomic E-state index is -4.74.